The molecule has 0 aliphatic rings. The molecular formula is C19H25NO. The molecule has 2 rings (SSSR count). The van der Waals surface area contributed by atoms with Gasteiger partial charge in [0.2, 0.25) is 0 Å². The van der Waals surface area contributed by atoms with Gasteiger partial charge in [-0.3, -0.25) is 0 Å². The molecule has 0 amide bonds. The van der Waals surface area contributed by atoms with Crippen LogP contribution >= 0.6 is 0 Å². The van der Waals surface area contributed by atoms with Crippen LogP contribution in [0.1, 0.15) is 41.6 Å². The first-order valence-corrected chi connectivity index (χ1v) is 7.64. The molecule has 0 saturated heterocycles. The highest BCUT2D eigenvalue weighted by atomic mass is 16.5. The molecule has 2 nitrogen and oxygen atoms in total. The Morgan fingerprint density at radius 3 is 2.19 bits per heavy atom. The highest BCUT2D eigenvalue weighted by molar-refractivity contribution is 5.31. The van der Waals surface area contributed by atoms with Crippen molar-refractivity contribution in [3.63, 3.8) is 0 Å². The summed E-state index contributed by atoms with van der Waals surface area (Å²) in [5.41, 5.74) is 11.2. The maximum absolute atomic E-state index is 6.23. The monoisotopic (exact) mass is 283 g/mol. The normalized spacial score (nSPS) is 12.2. The topological polar surface area (TPSA) is 35.2 Å². The number of hydrogen-bond acceptors (Lipinski definition) is 2. The quantitative estimate of drug-likeness (QED) is 0.856. The third-order valence-corrected chi connectivity index (χ3v) is 3.56. The predicted octanol–water partition coefficient (Wildman–Crippen LogP) is 4.33. The Balaban J connectivity index is 1.95. The highest BCUT2D eigenvalue weighted by Gasteiger charge is 2.08. The Bertz CT molecular complexity index is 554. The molecule has 0 heterocycles. The fourth-order valence-electron chi connectivity index (χ4n) is 2.55. The van der Waals surface area contributed by atoms with Crippen LogP contribution in [-0.4, -0.2) is 6.61 Å². The lowest BCUT2D eigenvalue weighted by Crippen LogP contribution is -2.19. The molecule has 2 heteroatoms. The lowest BCUT2D eigenvalue weighted by molar-refractivity contribution is 0.290. The molecule has 0 spiro atoms. The van der Waals surface area contributed by atoms with Crippen LogP contribution in [0.2, 0.25) is 0 Å². The Kier molecular flexibility index (Phi) is 5.40. The first-order chi connectivity index (χ1) is 10.1. The Hall–Kier alpha value is -1.80. The molecule has 1 unspecified atom stereocenters. The molecule has 0 fully saturated rings. The van der Waals surface area contributed by atoms with Gasteiger partial charge in [-0.25, -0.2) is 0 Å². The minimum atomic E-state index is -0.0982. The van der Waals surface area contributed by atoms with Crippen LogP contribution in [0.3, 0.4) is 0 Å². The third kappa shape index (κ3) is 4.61. The van der Waals surface area contributed by atoms with Crippen LogP contribution in [0.25, 0.3) is 0 Å². The number of aryl methyl sites for hydroxylation is 3. The summed E-state index contributed by atoms with van der Waals surface area (Å²) in [7, 11) is 0. The lowest BCUT2D eigenvalue weighted by Gasteiger charge is -2.15. The molecule has 1 atom stereocenters. The van der Waals surface area contributed by atoms with Gasteiger partial charge < -0.3 is 10.5 Å². The number of hydrogen-bond donors (Lipinski definition) is 1. The van der Waals surface area contributed by atoms with Crippen LogP contribution in [0.5, 0.6) is 5.75 Å². The minimum absolute atomic E-state index is 0.0982. The molecule has 0 bridgehead atoms. The van der Waals surface area contributed by atoms with Crippen LogP contribution in [0.15, 0.2) is 42.5 Å². The number of nitrogens with two attached hydrogens (primary N) is 1. The van der Waals surface area contributed by atoms with E-state index in [0.717, 1.165) is 24.2 Å². The average Bonchev–Trinajstić information content (AvgIpc) is 2.45. The number of ether oxygens (including phenoxy) is 1. The van der Waals surface area contributed by atoms with Crippen molar-refractivity contribution in [1.82, 2.24) is 0 Å². The Morgan fingerprint density at radius 1 is 1.00 bits per heavy atom. The lowest BCUT2D eigenvalue weighted by atomic mass is 10.0. The van der Waals surface area contributed by atoms with Gasteiger partial charge >= 0.3 is 0 Å². The minimum Gasteiger partial charge on any atom is -0.492 e. The molecule has 2 aromatic rings. The van der Waals surface area contributed by atoms with Gasteiger partial charge in [0.15, 0.2) is 0 Å². The van der Waals surface area contributed by atoms with Gasteiger partial charge in [0.25, 0.3) is 0 Å². The fourth-order valence-corrected chi connectivity index (χ4v) is 2.55. The van der Waals surface area contributed by atoms with Gasteiger partial charge in [0, 0.05) is 0 Å². The van der Waals surface area contributed by atoms with Crippen molar-refractivity contribution in [1.29, 1.82) is 0 Å². The zero-order valence-corrected chi connectivity index (χ0v) is 13.2. The van der Waals surface area contributed by atoms with E-state index in [9.17, 15) is 0 Å². The number of rotatable bonds is 6. The zero-order chi connectivity index (χ0) is 15.2. The fraction of sp³-hybridized carbons (Fsp3) is 0.368. The molecule has 0 aliphatic heterocycles. The summed E-state index contributed by atoms with van der Waals surface area (Å²) in [6.45, 7) is 6.87. The molecule has 112 valence electrons. The summed E-state index contributed by atoms with van der Waals surface area (Å²) >= 11 is 0. The van der Waals surface area contributed by atoms with E-state index in [0.29, 0.717) is 6.61 Å². The van der Waals surface area contributed by atoms with E-state index >= 15 is 0 Å². The second kappa shape index (κ2) is 7.28. The molecule has 21 heavy (non-hydrogen) atoms. The van der Waals surface area contributed by atoms with Crippen LogP contribution in [0.4, 0.5) is 0 Å². The van der Waals surface area contributed by atoms with E-state index in [2.05, 4.69) is 51.1 Å². The number of benzene rings is 2. The Labute approximate surface area is 127 Å². The molecule has 0 aliphatic carbocycles. The molecule has 2 aromatic carbocycles. The molecule has 0 radical (unpaired) electrons. The largest absolute Gasteiger partial charge is 0.492 e. The molecule has 0 saturated carbocycles. The van der Waals surface area contributed by atoms with Gasteiger partial charge in [0.05, 0.1) is 6.04 Å². The van der Waals surface area contributed by atoms with Crippen LogP contribution in [0, 0.1) is 13.8 Å². The van der Waals surface area contributed by atoms with E-state index in [1.54, 1.807) is 0 Å². The van der Waals surface area contributed by atoms with E-state index in [-0.39, 0.29) is 6.04 Å². The van der Waals surface area contributed by atoms with Gasteiger partial charge in [-0.1, -0.05) is 54.8 Å². The first kappa shape index (κ1) is 15.6. The summed E-state index contributed by atoms with van der Waals surface area (Å²) in [6.07, 6.45) is 2.28. The van der Waals surface area contributed by atoms with Crippen LogP contribution < -0.4 is 10.5 Å². The SMILES string of the molecule is CCCc1ccc(OCC(N)c2cc(C)cc(C)c2)cc1. The molecule has 0 aromatic heterocycles. The van der Waals surface area contributed by atoms with Crippen molar-refractivity contribution in [2.45, 2.75) is 39.7 Å². The van der Waals surface area contributed by atoms with Crippen molar-refractivity contribution < 1.29 is 4.74 Å². The molecule has 2 N–H and O–H groups in total. The molecular weight excluding hydrogens is 258 g/mol. The summed E-state index contributed by atoms with van der Waals surface area (Å²) in [6, 6.07) is 14.6. The summed E-state index contributed by atoms with van der Waals surface area (Å²) < 4.78 is 5.81. The van der Waals surface area contributed by atoms with Crippen molar-refractivity contribution in [3.8, 4) is 5.75 Å². The predicted molar refractivity (Wildman–Crippen MR) is 88.8 cm³/mol. The van der Waals surface area contributed by atoms with E-state index in [4.69, 9.17) is 10.5 Å². The van der Waals surface area contributed by atoms with Gasteiger partial charge in [-0.15, -0.1) is 0 Å². The van der Waals surface area contributed by atoms with Gasteiger partial charge in [-0.2, -0.15) is 0 Å². The third-order valence-electron chi connectivity index (χ3n) is 3.56. The van der Waals surface area contributed by atoms with E-state index in [1.807, 2.05) is 12.1 Å². The van der Waals surface area contributed by atoms with Crippen LogP contribution in [-0.2, 0) is 6.42 Å². The average molecular weight is 283 g/mol. The van der Waals surface area contributed by atoms with Crippen molar-refractivity contribution in [3.05, 3.63) is 64.7 Å². The van der Waals surface area contributed by atoms with E-state index < -0.39 is 0 Å². The zero-order valence-electron chi connectivity index (χ0n) is 13.2. The standard InChI is InChI=1S/C19H25NO/c1-4-5-16-6-8-18(9-7-16)21-13-19(20)17-11-14(2)10-15(3)12-17/h6-12,19H,4-5,13,20H2,1-3H3. The summed E-state index contributed by atoms with van der Waals surface area (Å²) in [5, 5.41) is 0. The first-order valence-electron chi connectivity index (χ1n) is 7.64. The van der Waals surface area contributed by atoms with Gasteiger partial charge in [-0.05, 0) is 43.5 Å². The smallest absolute Gasteiger partial charge is 0.119 e. The second-order valence-corrected chi connectivity index (χ2v) is 5.73. The summed E-state index contributed by atoms with van der Waals surface area (Å²) in [5.74, 6) is 0.884. The van der Waals surface area contributed by atoms with Crippen molar-refractivity contribution in [2.24, 2.45) is 5.73 Å². The Morgan fingerprint density at radius 2 is 1.62 bits per heavy atom. The van der Waals surface area contributed by atoms with E-state index in [1.165, 1.54) is 16.7 Å². The maximum Gasteiger partial charge on any atom is 0.119 e. The second-order valence-electron chi connectivity index (χ2n) is 5.73. The van der Waals surface area contributed by atoms with Crippen molar-refractivity contribution in [2.75, 3.05) is 6.61 Å². The highest BCUT2D eigenvalue weighted by Crippen LogP contribution is 2.18. The maximum atomic E-state index is 6.23. The van der Waals surface area contributed by atoms with Gasteiger partial charge in [0.1, 0.15) is 12.4 Å². The summed E-state index contributed by atoms with van der Waals surface area (Å²) in [4.78, 5) is 0. The van der Waals surface area contributed by atoms with Crippen molar-refractivity contribution >= 4 is 0 Å².